The Morgan fingerprint density at radius 1 is 1.15 bits per heavy atom. The van der Waals surface area contributed by atoms with E-state index in [0.29, 0.717) is 5.11 Å². The molecule has 1 aliphatic heterocycles. The lowest BCUT2D eigenvalue weighted by atomic mass is 9.98. The minimum Gasteiger partial charge on any atom is -0.497 e. The van der Waals surface area contributed by atoms with Gasteiger partial charge in [0.05, 0.1) is 13.2 Å². The number of hydrogen-bond donors (Lipinski definition) is 2. The highest BCUT2D eigenvalue weighted by atomic mass is 32.1. The first-order chi connectivity index (χ1) is 13.0. The van der Waals surface area contributed by atoms with Gasteiger partial charge in [0, 0.05) is 30.5 Å². The molecule has 0 spiro atoms. The number of nitrogens with zero attached hydrogens (tertiary/aromatic N) is 1. The summed E-state index contributed by atoms with van der Waals surface area (Å²) in [5, 5.41) is 7.17. The first kappa shape index (κ1) is 19.5. The number of anilines is 2. The Hall–Kier alpha value is -2.27. The maximum absolute atomic E-state index is 5.46. The molecule has 5 heteroatoms. The van der Waals surface area contributed by atoms with Gasteiger partial charge >= 0.3 is 0 Å². The zero-order valence-corrected chi connectivity index (χ0v) is 17.2. The number of ether oxygens (including phenoxy) is 1. The molecule has 0 radical (unpaired) electrons. The van der Waals surface area contributed by atoms with Gasteiger partial charge in [-0.15, -0.1) is 0 Å². The summed E-state index contributed by atoms with van der Waals surface area (Å²) in [6.45, 7) is 6.78. The maximum Gasteiger partial charge on any atom is 0.171 e. The molecule has 0 saturated carbocycles. The number of hydrogen-bond acceptors (Lipinski definition) is 3. The van der Waals surface area contributed by atoms with E-state index >= 15 is 0 Å². The van der Waals surface area contributed by atoms with E-state index in [2.05, 4.69) is 53.6 Å². The molecule has 1 atom stereocenters. The number of methoxy groups -OCH3 is 1. The first-order valence-corrected chi connectivity index (χ1v) is 10.0. The fraction of sp³-hybridized carbons (Fsp3) is 0.409. The summed E-state index contributed by atoms with van der Waals surface area (Å²) in [4.78, 5) is 2.48. The topological polar surface area (TPSA) is 36.5 Å². The van der Waals surface area contributed by atoms with Crippen LogP contribution in [0.3, 0.4) is 0 Å². The molecule has 1 heterocycles. The molecule has 2 N–H and O–H groups in total. The van der Waals surface area contributed by atoms with Crippen LogP contribution in [0.4, 0.5) is 11.4 Å². The van der Waals surface area contributed by atoms with Gasteiger partial charge in [0.25, 0.3) is 0 Å². The van der Waals surface area contributed by atoms with Crippen molar-refractivity contribution < 1.29 is 4.74 Å². The van der Waals surface area contributed by atoms with Crippen molar-refractivity contribution >= 4 is 28.7 Å². The minimum absolute atomic E-state index is 0.131. The zero-order chi connectivity index (χ0) is 19.2. The van der Waals surface area contributed by atoms with Crippen LogP contribution in [0.25, 0.3) is 0 Å². The van der Waals surface area contributed by atoms with Crippen molar-refractivity contribution in [1.82, 2.24) is 5.32 Å². The molecule has 0 bridgehead atoms. The van der Waals surface area contributed by atoms with Crippen LogP contribution in [0.15, 0.2) is 48.5 Å². The van der Waals surface area contributed by atoms with Crippen molar-refractivity contribution in [3.05, 3.63) is 54.1 Å². The second kappa shape index (κ2) is 9.09. The predicted molar refractivity (Wildman–Crippen MR) is 118 cm³/mol. The molecule has 1 unspecified atom stereocenters. The summed E-state index contributed by atoms with van der Waals surface area (Å²) in [5.74, 6) is 1.65. The normalized spacial score (nSPS) is 15.9. The van der Waals surface area contributed by atoms with Crippen molar-refractivity contribution in [2.24, 2.45) is 5.92 Å². The summed E-state index contributed by atoms with van der Waals surface area (Å²) in [7, 11) is 1.66. The Morgan fingerprint density at radius 3 is 2.52 bits per heavy atom. The molecule has 0 aromatic heterocycles. The van der Waals surface area contributed by atoms with Gasteiger partial charge in [0.15, 0.2) is 5.11 Å². The largest absolute Gasteiger partial charge is 0.497 e. The fourth-order valence-electron chi connectivity index (χ4n) is 3.39. The quantitative estimate of drug-likeness (QED) is 0.712. The van der Waals surface area contributed by atoms with Crippen LogP contribution < -0.4 is 20.3 Å². The van der Waals surface area contributed by atoms with Crippen molar-refractivity contribution in [3.63, 3.8) is 0 Å². The fourth-order valence-corrected chi connectivity index (χ4v) is 3.68. The smallest absolute Gasteiger partial charge is 0.171 e. The van der Waals surface area contributed by atoms with Crippen LogP contribution in [-0.4, -0.2) is 25.3 Å². The number of thiocarbonyl (C=S) groups is 1. The van der Waals surface area contributed by atoms with Crippen LogP contribution in [0, 0.1) is 5.92 Å². The Morgan fingerprint density at radius 2 is 1.85 bits per heavy atom. The second-order valence-corrected chi connectivity index (χ2v) is 7.72. The Labute approximate surface area is 167 Å². The van der Waals surface area contributed by atoms with Crippen molar-refractivity contribution in [3.8, 4) is 5.75 Å². The van der Waals surface area contributed by atoms with Crippen LogP contribution in [0.1, 0.15) is 38.3 Å². The van der Waals surface area contributed by atoms with Crippen molar-refractivity contribution in [1.29, 1.82) is 0 Å². The number of nitrogens with one attached hydrogen (secondary N) is 2. The van der Waals surface area contributed by atoms with Gasteiger partial charge < -0.3 is 20.3 Å². The van der Waals surface area contributed by atoms with Gasteiger partial charge in [0.2, 0.25) is 0 Å². The average molecular weight is 384 g/mol. The molecular formula is C22H29N3OS. The van der Waals surface area contributed by atoms with E-state index in [-0.39, 0.29) is 6.04 Å². The van der Waals surface area contributed by atoms with Gasteiger partial charge in [-0.2, -0.15) is 0 Å². The van der Waals surface area contributed by atoms with Crippen LogP contribution in [0.5, 0.6) is 5.75 Å². The second-order valence-electron chi connectivity index (χ2n) is 7.31. The highest BCUT2D eigenvalue weighted by Crippen LogP contribution is 2.24. The predicted octanol–water partition coefficient (Wildman–Crippen LogP) is 4.98. The lowest BCUT2D eigenvalue weighted by Gasteiger charge is -2.32. The van der Waals surface area contributed by atoms with E-state index in [1.54, 1.807) is 7.11 Å². The summed E-state index contributed by atoms with van der Waals surface area (Å²) < 4.78 is 5.25. The molecule has 27 heavy (non-hydrogen) atoms. The highest BCUT2D eigenvalue weighted by Gasteiger charge is 2.16. The molecule has 2 aromatic carbocycles. The van der Waals surface area contributed by atoms with E-state index in [0.717, 1.165) is 30.4 Å². The molecule has 1 aliphatic rings. The van der Waals surface area contributed by atoms with Gasteiger partial charge in [-0.1, -0.05) is 25.1 Å². The van der Waals surface area contributed by atoms with Gasteiger partial charge in [-0.05, 0) is 67.7 Å². The van der Waals surface area contributed by atoms with Crippen LogP contribution >= 0.6 is 12.2 Å². The van der Waals surface area contributed by atoms with E-state index in [1.807, 2.05) is 24.3 Å². The number of rotatable bonds is 5. The average Bonchev–Trinajstić information content (AvgIpc) is 2.68. The summed E-state index contributed by atoms with van der Waals surface area (Å²) in [6.07, 6.45) is 2.56. The Balaban J connectivity index is 1.55. The molecular weight excluding hydrogens is 354 g/mol. The lowest BCUT2D eigenvalue weighted by Crippen LogP contribution is -2.33. The monoisotopic (exact) mass is 383 g/mol. The highest BCUT2D eigenvalue weighted by molar-refractivity contribution is 7.80. The molecule has 1 saturated heterocycles. The molecule has 0 aliphatic carbocycles. The Kier molecular flexibility index (Phi) is 6.56. The Bertz CT molecular complexity index is 754. The molecule has 2 aromatic rings. The third kappa shape index (κ3) is 5.36. The third-order valence-corrected chi connectivity index (χ3v) is 5.44. The number of piperidine rings is 1. The van der Waals surface area contributed by atoms with Gasteiger partial charge in [-0.25, -0.2) is 0 Å². The minimum atomic E-state index is 0.131. The molecule has 3 rings (SSSR count). The lowest BCUT2D eigenvalue weighted by molar-refractivity contribution is 0.415. The molecule has 0 amide bonds. The van der Waals surface area contributed by atoms with Crippen molar-refractivity contribution in [2.75, 3.05) is 30.4 Å². The maximum atomic E-state index is 5.46. The van der Waals surface area contributed by atoms with E-state index < -0.39 is 0 Å². The molecule has 1 fully saturated rings. The summed E-state index contributed by atoms with van der Waals surface area (Å²) in [5.41, 5.74) is 3.45. The third-order valence-electron chi connectivity index (χ3n) is 5.22. The van der Waals surface area contributed by atoms with E-state index in [1.165, 1.54) is 24.1 Å². The van der Waals surface area contributed by atoms with Crippen LogP contribution in [-0.2, 0) is 0 Å². The van der Waals surface area contributed by atoms with Crippen LogP contribution in [0.2, 0.25) is 0 Å². The SMILES string of the molecule is COc1cccc(NC(=S)NC(C)c2ccc(N3CCC(C)CC3)cc2)c1. The van der Waals surface area contributed by atoms with E-state index in [9.17, 15) is 0 Å². The summed E-state index contributed by atoms with van der Waals surface area (Å²) in [6, 6.07) is 16.7. The van der Waals surface area contributed by atoms with Gasteiger partial charge in [-0.3, -0.25) is 0 Å². The molecule has 144 valence electrons. The summed E-state index contributed by atoms with van der Waals surface area (Å²) >= 11 is 5.46. The van der Waals surface area contributed by atoms with E-state index in [4.69, 9.17) is 17.0 Å². The van der Waals surface area contributed by atoms with Gasteiger partial charge in [0.1, 0.15) is 5.75 Å². The first-order valence-electron chi connectivity index (χ1n) is 9.61. The zero-order valence-electron chi connectivity index (χ0n) is 16.4. The number of benzene rings is 2. The molecule has 4 nitrogen and oxygen atoms in total. The van der Waals surface area contributed by atoms with Crippen molar-refractivity contribution in [2.45, 2.75) is 32.7 Å². The standard InChI is InChI=1S/C22H29N3OS/c1-16-11-13-25(14-12-16)20-9-7-18(8-10-20)17(2)23-22(27)24-19-5-4-6-21(15-19)26-3/h4-10,15-17H,11-14H2,1-3H3,(H2,23,24,27).